The highest BCUT2D eigenvalue weighted by Gasteiger charge is 2.20. The Balaban J connectivity index is 1.26. The molecule has 0 amide bonds. The van der Waals surface area contributed by atoms with Crippen molar-refractivity contribution in [3.63, 3.8) is 0 Å². The van der Waals surface area contributed by atoms with Gasteiger partial charge in [0.15, 0.2) is 16.6 Å². The standard InChI is InChI=1S/C23H30N6O2S/c32-23(24-16-17-6-7-18-19(14-17)31-13-12-30-18)27-22-25-20(28-8-2-1-3-9-28)15-21(26-22)29-10-4-5-11-29/h6-7,14-15H,1-5,8-13,16H2,(H2,24,25,26,27,32). The molecule has 0 spiro atoms. The van der Waals surface area contributed by atoms with Gasteiger partial charge in [-0.05, 0) is 62.0 Å². The maximum absolute atomic E-state index is 5.67. The molecule has 2 saturated heterocycles. The highest BCUT2D eigenvalue weighted by molar-refractivity contribution is 7.80. The van der Waals surface area contributed by atoms with Crippen LogP contribution < -0.4 is 29.9 Å². The molecule has 4 heterocycles. The predicted molar refractivity (Wildman–Crippen MR) is 130 cm³/mol. The minimum Gasteiger partial charge on any atom is -0.486 e. The van der Waals surface area contributed by atoms with Gasteiger partial charge in [-0.2, -0.15) is 9.97 Å². The molecular weight excluding hydrogens is 424 g/mol. The largest absolute Gasteiger partial charge is 0.486 e. The van der Waals surface area contributed by atoms with E-state index in [0.717, 1.165) is 54.9 Å². The first-order valence-corrected chi connectivity index (χ1v) is 12.0. The Morgan fingerprint density at radius 2 is 1.47 bits per heavy atom. The first kappa shape index (κ1) is 21.1. The molecule has 2 aromatic rings. The van der Waals surface area contributed by atoms with Crippen LogP contribution in [0.5, 0.6) is 11.5 Å². The number of hydrogen-bond donors (Lipinski definition) is 2. The van der Waals surface area contributed by atoms with Crippen molar-refractivity contribution in [2.75, 3.05) is 54.5 Å². The number of benzene rings is 1. The predicted octanol–water partition coefficient (Wildman–Crippen LogP) is 3.32. The molecule has 1 aromatic carbocycles. The van der Waals surface area contributed by atoms with Crippen molar-refractivity contribution in [2.24, 2.45) is 0 Å². The molecule has 2 N–H and O–H groups in total. The monoisotopic (exact) mass is 454 g/mol. The van der Waals surface area contributed by atoms with Gasteiger partial charge in [-0.15, -0.1) is 0 Å². The number of fused-ring (bicyclic) bond motifs is 1. The fourth-order valence-corrected chi connectivity index (χ4v) is 4.56. The Morgan fingerprint density at radius 1 is 0.844 bits per heavy atom. The number of nitrogens with zero attached hydrogens (tertiary/aromatic N) is 4. The topological polar surface area (TPSA) is 74.8 Å². The van der Waals surface area contributed by atoms with Crippen molar-refractivity contribution in [1.82, 2.24) is 15.3 Å². The molecule has 2 fully saturated rings. The maximum Gasteiger partial charge on any atom is 0.232 e. The van der Waals surface area contributed by atoms with E-state index in [1.54, 1.807) is 0 Å². The second kappa shape index (κ2) is 9.77. The summed E-state index contributed by atoms with van der Waals surface area (Å²) in [6, 6.07) is 8.08. The molecule has 9 heteroatoms. The molecule has 3 aliphatic heterocycles. The van der Waals surface area contributed by atoms with Crippen molar-refractivity contribution in [3.8, 4) is 11.5 Å². The molecule has 0 saturated carbocycles. The third-order valence-corrected chi connectivity index (χ3v) is 6.34. The number of piperidine rings is 1. The second-order valence-corrected chi connectivity index (χ2v) is 8.84. The van der Waals surface area contributed by atoms with E-state index in [1.807, 2.05) is 18.2 Å². The van der Waals surface area contributed by atoms with Crippen LogP contribution in [0.4, 0.5) is 17.6 Å². The van der Waals surface area contributed by atoms with Crippen molar-refractivity contribution in [3.05, 3.63) is 29.8 Å². The first-order chi connectivity index (χ1) is 15.7. The molecule has 0 radical (unpaired) electrons. The van der Waals surface area contributed by atoms with Gasteiger partial charge in [0.05, 0.1) is 0 Å². The summed E-state index contributed by atoms with van der Waals surface area (Å²) in [6.07, 6.45) is 6.13. The van der Waals surface area contributed by atoms with Gasteiger partial charge in [0.1, 0.15) is 24.8 Å². The summed E-state index contributed by atoms with van der Waals surface area (Å²) in [4.78, 5) is 14.3. The van der Waals surface area contributed by atoms with E-state index in [4.69, 9.17) is 31.7 Å². The number of anilines is 3. The molecule has 32 heavy (non-hydrogen) atoms. The molecule has 0 aliphatic carbocycles. The van der Waals surface area contributed by atoms with Gasteiger partial charge in [0, 0.05) is 38.8 Å². The molecule has 0 bridgehead atoms. The normalized spacial score (nSPS) is 17.9. The Kier molecular flexibility index (Phi) is 6.43. The van der Waals surface area contributed by atoms with E-state index in [1.165, 1.54) is 32.1 Å². The molecular formula is C23H30N6O2S. The van der Waals surface area contributed by atoms with Crippen LogP contribution in [0.1, 0.15) is 37.7 Å². The number of ether oxygens (including phenoxy) is 2. The summed E-state index contributed by atoms with van der Waals surface area (Å²) < 4.78 is 11.3. The van der Waals surface area contributed by atoms with Crippen LogP contribution in [0, 0.1) is 0 Å². The summed E-state index contributed by atoms with van der Waals surface area (Å²) in [6.45, 7) is 5.92. The average Bonchev–Trinajstić information content (AvgIpc) is 3.38. The van der Waals surface area contributed by atoms with E-state index in [2.05, 4.69) is 26.5 Å². The number of aromatic nitrogens is 2. The van der Waals surface area contributed by atoms with Gasteiger partial charge in [0.25, 0.3) is 0 Å². The zero-order chi connectivity index (χ0) is 21.8. The minimum absolute atomic E-state index is 0.503. The fraction of sp³-hybridized carbons (Fsp3) is 0.522. The zero-order valence-corrected chi connectivity index (χ0v) is 19.1. The van der Waals surface area contributed by atoms with Crippen molar-refractivity contribution < 1.29 is 9.47 Å². The van der Waals surface area contributed by atoms with Crippen LogP contribution in [0.2, 0.25) is 0 Å². The van der Waals surface area contributed by atoms with Crippen LogP contribution in [0.15, 0.2) is 24.3 Å². The first-order valence-electron chi connectivity index (χ1n) is 11.6. The van der Waals surface area contributed by atoms with Crippen molar-refractivity contribution in [1.29, 1.82) is 0 Å². The van der Waals surface area contributed by atoms with E-state index >= 15 is 0 Å². The SMILES string of the molecule is S=C(NCc1ccc2c(c1)OCCO2)Nc1nc(N2CCCCC2)cc(N2CCCC2)n1. The highest BCUT2D eigenvalue weighted by Crippen LogP contribution is 2.31. The van der Waals surface area contributed by atoms with Crippen molar-refractivity contribution in [2.45, 2.75) is 38.6 Å². The van der Waals surface area contributed by atoms with Gasteiger partial charge in [0.2, 0.25) is 5.95 Å². The lowest BCUT2D eigenvalue weighted by atomic mass is 10.1. The van der Waals surface area contributed by atoms with Gasteiger partial charge in [-0.3, -0.25) is 0 Å². The third-order valence-electron chi connectivity index (χ3n) is 6.09. The Labute approximate surface area is 194 Å². The summed E-state index contributed by atoms with van der Waals surface area (Å²) in [5, 5.41) is 6.97. The van der Waals surface area contributed by atoms with E-state index in [0.29, 0.717) is 30.8 Å². The van der Waals surface area contributed by atoms with Gasteiger partial charge in [-0.25, -0.2) is 0 Å². The average molecular weight is 455 g/mol. The molecule has 0 unspecified atom stereocenters. The lowest BCUT2D eigenvalue weighted by molar-refractivity contribution is 0.171. The van der Waals surface area contributed by atoms with Gasteiger partial charge < -0.3 is 29.9 Å². The lowest BCUT2D eigenvalue weighted by Crippen LogP contribution is -2.32. The molecule has 1 aromatic heterocycles. The molecule has 3 aliphatic rings. The minimum atomic E-state index is 0.503. The van der Waals surface area contributed by atoms with Gasteiger partial charge >= 0.3 is 0 Å². The summed E-state index contributed by atoms with van der Waals surface area (Å²) in [5.41, 5.74) is 1.07. The van der Waals surface area contributed by atoms with Crippen LogP contribution >= 0.6 is 12.2 Å². The van der Waals surface area contributed by atoms with Crippen LogP contribution in [0.25, 0.3) is 0 Å². The second-order valence-electron chi connectivity index (χ2n) is 8.44. The smallest absolute Gasteiger partial charge is 0.232 e. The van der Waals surface area contributed by atoms with Gasteiger partial charge in [-0.1, -0.05) is 6.07 Å². The highest BCUT2D eigenvalue weighted by atomic mass is 32.1. The number of nitrogens with one attached hydrogen (secondary N) is 2. The van der Waals surface area contributed by atoms with E-state index in [-0.39, 0.29) is 0 Å². The number of hydrogen-bond acceptors (Lipinski definition) is 7. The molecule has 5 rings (SSSR count). The summed E-state index contributed by atoms with van der Waals surface area (Å²) in [5.74, 6) is 4.09. The fourth-order valence-electron chi connectivity index (χ4n) is 4.40. The quantitative estimate of drug-likeness (QED) is 0.662. The summed E-state index contributed by atoms with van der Waals surface area (Å²) in [7, 11) is 0. The van der Waals surface area contributed by atoms with Crippen LogP contribution in [-0.2, 0) is 6.54 Å². The molecule has 170 valence electrons. The molecule has 0 atom stereocenters. The Hall–Kier alpha value is -2.81. The Morgan fingerprint density at radius 3 is 2.16 bits per heavy atom. The van der Waals surface area contributed by atoms with Crippen LogP contribution in [0.3, 0.4) is 0 Å². The lowest BCUT2D eigenvalue weighted by Gasteiger charge is -2.29. The number of rotatable bonds is 5. The van der Waals surface area contributed by atoms with Crippen LogP contribution in [-0.4, -0.2) is 54.5 Å². The molecule has 8 nitrogen and oxygen atoms in total. The van der Waals surface area contributed by atoms with E-state index < -0.39 is 0 Å². The maximum atomic E-state index is 5.67. The van der Waals surface area contributed by atoms with E-state index in [9.17, 15) is 0 Å². The summed E-state index contributed by atoms with van der Waals surface area (Å²) >= 11 is 5.55. The van der Waals surface area contributed by atoms with Crippen molar-refractivity contribution >= 4 is 34.9 Å². The number of thiocarbonyl (C=S) groups is 1. The Bertz CT molecular complexity index is 959. The third kappa shape index (κ3) is 4.98. The zero-order valence-electron chi connectivity index (χ0n) is 18.3.